The minimum Gasteiger partial charge on any atom is -0.497 e. The minimum atomic E-state index is -1.03. The summed E-state index contributed by atoms with van der Waals surface area (Å²) >= 11 is 0. The van der Waals surface area contributed by atoms with E-state index in [-0.39, 0.29) is 11.9 Å². The number of carbonyl (C=O) groups is 1. The molecule has 164 valence electrons. The van der Waals surface area contributed by atoms with Crippen molar-refractivity contribution in [2.45, 2.75) is 25.2 Å². The van der Waals surface area contributed by atoms with E-state index >= 15 is 0 Å². The number of nitrogens with zero attached hydrogens (tertiary/aromatic N) is 2. The summed E-state index contributed by atoms with van der Waals surface area (Å²) in [6, 6.07) is 24.6. The molecule has 4 rings (SSSR count). The predicted octanol–water partition coefficient (Wildman–Crippen LogP) is 4.60. The fourth-order valence-corrected chi connectivity index (χ4v) is 3.76. The van der Waals surface area contributed by atoms with Crippen molar-refractivity contribution in [3.8, 4) is 11.5 Å². The van der Waals surface area contributed by atoms with E-state index in [4.69, 9.17) is 14.2 Å². The zero-order chi connectivity index (χ0) is 22.6. The smallest absolute Gasteiger partial charge is 0.277 e. The molecule has 6 heteroatoms. The SMILES string of the molecule is COc1ccc(/C=N/N2C(=O)[C@@](C)(OCc3ccccc3)[C@H]2c2ccc(OC)cc2)cc1. The number of methoxy groups -OCH3 is 2. The Morgan fingerprint density at radius 2 is 1.50 bits per heavy atom. The maximum atomic E-state index is 13.2. The number of amides is 1. The van der Waals surface area contributed by atoms with Crippen LogP contribution in [0.4, 0.5) is 0 Å². The normalized spacial score (nSPS) is 20.3. The fraction of sp³-hybridized carbons (Fsp3) is 0.231. The number of hydrogen-bond acceptors (Lipinski definition) is 5. The molecule has 1 fully saturated rings. The summed E-state index contributed by atoms with van der Waals surface area (Å²) in [6.45, 7) is 2.17. The molecule has 1 heterocycles. The van der Waals surface area contributed by atoms with E-state index in [0.717, 1.165) is 28.2 Å². The van der Waals surface area contributed by atoms with Crippen LogP contribution in [-0.4, -0.2) is 37.0 Å². The van der Waals surface area contributed by atoms with Crippen LogP contribution in [0.15, 0.2) is 84.0 Å². The van der Waals surface area contributed by atoms with Gasteiger partial charge in [-0.3, -0.25) is 4.79 Å². The molecular formula is C26H26N2O4. The molecule has 0 aromatic heterocycles. The van der Waals surface area contributed by atoms with Crippen LogP contribution >= 0.6 is 0 Å². The van der Waals surface area contributed by atoms with Crippen molar-refractivity contribution in [2.24, 2.45) is 5.10 Å². The summed E-state index contributed by atoms with van der Waals surface area (Å²) in [5.74, 6) is 1.33. The van der Waals surface area contributed by atoms with Gasteiger partial charge in [0.05, 0.1) is 27.0 Å². The third-order valence-corrected chi connectivity index (χ3v) is 5.66. The van der Waals surface area contributed by atoms with Crippen molar-refractivity contribution in [3.05, 3.63) is 95.6 Å². The first-order valence-electron chi connectivity index (χ1n) is 10.4. The average molecular weight is 431 g/mol. The molecule has 0 radical (unpaired) electrons. The number of β-lactam (4-membered cyclic amide) rings is 1. The summed E-state index contributed by atoms with van der Waals surface area (Å²) in [7, 11) is 3.25. The highest BCUT2D eigenvalue weighted by Crippen LogP contribution is 2.46. The molecule has 3 aromatic carbocycles. The number of hydrogen-bond donors (Lipinski definition) is 0. The zero-order valence-corrected chi connectivity index (χ0v) is 18.4. The molecule has 1 saturated heterocycles. The number of ether oxygens (including phenoxy) is 3. The molecule has 2 atom stereocenters. The second kappa shape index (κ2) is 9.24. The van der Waals surface area contributed by atoms with Gasteiger partial charge in [0.25, 0.3) is 5.91 Å². The number of carbonyl (C=O) groups excluding carboxylic acids is 1. The second-order valence-corrected chi connectivity index (χ2v) is 7.72. The van der Waals surface area contributed by atoms with E-state index < -0.39 is 5.60 Å². The molecule has 0 N–H and O–H groups in total. The molecule has 6 nitrogen and oxygen atoms in total. The van der Waals surface area contributed by atoms with E-state index in [2.05, 4.69) is 5.10 Å². The summed E-state index contributed by atoms with van der Waals surface area (Å²) in [6.07, 6.45) is 1.67. The third kappa shape index (κ3) is 4.22. The Hall–Kier alpha value is -3.64. The maximum Gasteiger partial charge on any atom is 0.277 e. The largest absolute Gasteiger partial charge is 0.497 e. The van der Waals surface area contributed by atoms with Gasteiger partial charge in [0.1, 0.15) is 17.5 Å². The van der Waals surface area contributed by atoms with E-state index in [1.54, 1.807) is 20.4 Å². The first-order valence-corrected chi connectivity index (χ1v) is 10.4. The van der Waals surface area contributed by atoms with Crippen molar-refractivity contribution in [1.82, 2.24) is 5.01 Å². The van der Waals surface area contributed by atoms with E-state index in [1.165, 1.54) is 5.01 Å². The standard InChI is InChI=1S/C26H26N2O4/c1-26(32-18-20-7-5-4-6-8-20)24(21-11-15-23(31-3)16-12-21)28(25(26)29)27-17-19-9-13-22(30-2)14-10-19/h4-17,24H,18H2,1-3H3/b27-17+/t24-,26+/m1/s1. The Balaban J connectivity index is 1.59. The lowest BCUT2D eigenvalue weighted by Crippen LogP contribution is -2.66. The third-order valence-electron chi connectivity index (χ3n) is 5.66. The molecule has 0 aliphatic carbocycles. The Labute approximate surface area is 188 Å². The van der Waals surface area contributed by atoms with E-state index in [0.29, 0.717) is 6.61 Å². The quantitative estimate of drug-likeness (QED) is 0.387. The van der Waals surface area contributed by atoms with Gasteiger partial charge in [-0.05, 0) is 60.0 Å². The maximum absolute atomic E-state index is 13.2. The minimum absolute atomic E-state index is 0.181. The van der Waals surface area contributed by atoms with Crippen LogP contribution in [0, 0.1) is 0 Å². The number of rotatable bonds is 8. The van der Waals surface area contributed by atoms with Crippen molar-refractivity contribution in [1.29, 1.82) is 0 Å². The van der Waals surface area contributed by atoms with Gasteiger partial charge in [-0.1, -0.05) is 42.5 Å². The highest BCUT2D eigenvalue weighted by Gasteiger charge is 2.60. The molecule has 0 bridgehead atoms. The molecule has 1 aliphatic rings. The van der Waals surface area contributed by atoms with Crippen LogP contribution in [0.5, 0.6) is 11.5 Å². The van der Waals surface area contributed by atoms with Crippen LogP contribution in [0.25, 0.3) is 0 Å². The number of benzene rings is 3. The molecule has 3 aromatic rings. The van der Waals surface area contributed by atoms with Crippen molar-refractivity contribution < 1.29 is 19.0 Å². The van der Waals surface area contributed by atoms with Gasteiger partial charge in [-0.15, -0.1) is 0 Å². The van der Waals surface area contributed by atoms with Crippen LogP contribution in [0.1, 0.15) is 29.7 Å². The Morgan fingerprint density at radius 1 is 0.906 bits per heavy atom. The Kier molecular flexibility index (Phi) is 6.23. The Morgan fingerprint density at radius 3 is 2.09 bits per heavy atom. The summed E-state index contributed by atoms with van der Waals surface area (Å²) in [5.41, 5.74) is 1.77. The first kappa shape index (κ1) is 21.6. The zero-order valence-electron chi connectivity index (χ0n) is 18.4. The van der Waals surface area contributed by atoms with Crippen molar-refractivity contribution in [3.63, 3.8) is 0 Å². The van der Waals surface area contributed by atoms with Gasteiger partial charge in [-0.25, -0.2) is 5.01 Å². The topological polar surface area (TPSA) is 60.4 Å². The molecule has 32 heavy (non-hydrogen) atoms. The van der Waals surface area contributed by atoms with E-state index in [9.17, 15) is 4.79 Å². The van der Waals surface area contributed by atoms with Crippen LogP contribution in [-0.2, 0) is 16.1 Å². The highest BCUT2D eigenvalue weighted by atomic mass is 16.5. The molecular weight excluding hydrogens is 404 g/mol. The van der Waals surface area contributed by atoms with Gasteiger partial charge >= 0.3 is 0 Å². The summed E-state index contributed by atoms with van der Waals surface area (Å²) < 4.78 is 16.7. The average Bonchev–Trinajstić information content (AvgIpc) is 2.86. The molecule has 1 aliphatic heterocycles. The first-order chi connectivity index (χ1) is 15.5. The Bertz CT molecular complexity index is 1080. The van der Waals surface area contributed by atoms with Crippen LogP contribution < -0.4 is 9.47 Å². The van der Waals surface area contributed by atoms with Crippen LogP contribution in [0.2, 0.25) is 0 Å². The lowest BCUT2D eigenvalue weighted by molar-refractivity contribution is -0.204. The lowest BCUT2D eigenvalue weighted by Gasteiger charge is -2.51. The van der Waals surface area contributed by atoms with Crippen molar-refractivity contribution in [2.75, 3.05) is 14.2 Å². The second-order valence-electron chi connectivity index (χ2n) is 7.72. The van der Waals surface area contributed by atoms with E-state index in [1.807, 2.05) is 85.8 Å². The van der Waals surface area contributed by atoms with Gasteiger partial charge in [0.2, 0.25) is 0 Å². The number of hydrazone groups is 1. The molecule has 1 amide bonds. The van der Waals surface area contributed by atoms with Gasteiger partial charge < -0.3 is 14.2 Å². The summed E-state index contributed by atoms with van der Waals surface area (Å²) in [5, 5.41) is 5.98. The molecule has 0 unspecified atom stereocenters. The highest BCUT2D eigenvalue weighted by molar-refractivity contribution is 5.94. The van der Waals surface area contributed by atoms with Gasteiger partial charge in [0, 0.05) is 0 Å². The molecule has 0 saturated carbocycles. The molecule has 0 spiro atoms. The lowest BCUT2D eigenvalue weighted by atomic mass is 9.80. The monoisotopic (exact) mass is 430 g/mol. The van der Waals surface area contributed by atoms with Gasteiger partial charge in [0.15, 0.2) is 5.60 Å². The summed E-state index contributed by atoms with van der Waals surface area (Å²) in [4.78, 5) is 13.2. The predicted molar refractivity (Wildman–Crippen MR) is 123 cm³/mol. The fourth-order valence-electron chi connectivity index (χ4n) is 3.76. The van der Waals surface area contributed by atoms with Crippen molar-refractivity contribution >= 4 is 12.1 Å². The van der Waals surface area contributed by atoms with Gasteiger partial charge in [-0.2, -0.15) is 5.10 Å². The van der Waals surface area contributed by atoms with Crippen LogP contribution in [0.3, 0.4) is 0 Å².